The van der Waals surface area contributed by atoms with E-state index in [4.69, 9.17) is 23.2 Å². The van der Waals surface area contributed by atoms with Crippen molar-refractivity contribution in [3.63, 3.8) is 0 Å². The number of hydrogen-bond donors (Lipinski definition) is 0. The van der Waals surface area contributed by atoms with Crippen molar-refractivity contribution in [1.29, 1.82) is 0 Å². The Kier molecular flexibility index (Phi) is 2.44. The highest BCUT2D eigenvalue weighted by Crippen LogP contribution is 2.28. The Morgan fingerprint density at radius 1 is 1.07 bits per heavy atom. The number of aldehydes is 1. The zero-order valence-corrected chi connectivity index (χ0v) is 8.64. The summed E-state index contributed by atoms with van der Waals surface area (Å²) >= 11 is 11.9. The molecule has 0 amide bonds. The Morgan fingerprint density at radius 3 is 2.57 bits per heavy atom. The SMILES string of the molecule is O=Cc1cc2cccc(Cl)c2cc1Cl. The molecule has 0 bridgehead atoms. The molecule has 0 aliphatic rings. The van der Waals surface area contributed by atoms with Gasteiger partial charge in [-0.3, -0.25) is 4.79 Å². The first-order valence-electron chi connectivity index (χ1n) is 4.05. The summed E-state index contributed by atoms with van der Waals surface area (Å²) in [7, 11) is 0. The van der Waals surface area contributed by atoms with Gasteiger partial charge < -0.3 is 0 Å². The van der Waals surface area contributed by atoms with Gasteiger partial charge in [0.05, 0.1) is 5.02 Å². The maximum atomic E-state index is 10.6. The van der Waals surface area contributed by atoms with Crippen LogP contribution >= 0.6 is 23.2 Å². The Balaban J connectivity index is 2.85. The highest BCUT2D eigenvalue weighted by molar-refractivity contribution is 6.37. The monoisotopic (exact) mass is 224 g/mol. The third-order valence-corrected chi connectivity index (χ3v) is 2.73. The van der Waals surface area contributed by atoms with Gasteiger partial charge in [-0.1, -0.05) is 35.3 Å². The van der Waals surface area contributed by atoms with Crippen LogP contribution in [-0.2, 0) is 0 Å². The van der Waals surface area contributed by atoms with Crippen LogP contribution in [0, 0.1) is 0 Å². The summed E-state index contributed by atoms with van der Waals surface area (Å²) in [5.74, 6) is 0. The fourth-order valence-electron chi connectivity index (χ4n) is 1.37. The van der Waals surface area contributed by atoms with Crippen molar-refractivity contribution in [3.8, 4) is 0 Å². The molecular formula is C11H6Cl2O. The lowest BCUT2D eigenvalue weighted by Crippen LogP contribution is -1.83. The lowest BCUT2D eigenvalue weighted by atomic mass is 10.1. The highest BCUT2D eigenvalue weighted by atomic mass is 35.5. The quantitative estimate of drug-likeness (QED) is 0.671. The fraction of sp³-hybridized carbons (Fsp3) is 0. The first kappa shape index (κ1) is 9.50. The minimum Gasteiger partial charge on any atom is -0.298 e. The lowest BCUT2D eigenvalue weighted by molar-refractivity contribution is 0.112. The molecule has 0 unspecified atom stereocenters. The van der Waals surface area contributed by atoms with Crippen LogP contribution in [0.5, 0.6) is 0 Å². The highest BCUT2D eigenvalue weighted by Gasteiger charge is 2.04. The molecular weight excluding hydrogens is 219 g/mol. The van der Waals surface area contributed by atoms with Crippen LogP contribution in [0.2, 0.25) is 10.0 Å². The summed E-state index contributed by atoms with van der Waals surface area (Å²) in [4.78, 5) is 10.6. The van der Waals surface area contributed by atoms with Gasteiger partial charge in [0.1, 0.15) is 0 Å². The molecule has 0 aromatic heterocycles. The normalized spacial score (nSPS) is 10.4. The van der Waals surface area contributed by atoms with E-state index in [0.717, 1.165) is 17.1 Å². The van der Waals surface area contributed by atoms with Crippen molar-refractivity contribution in [2.75, 3.05) is 0 Å². The largest absolute Gasteiger partial charge is 0.298 e. The van der Waals surface area contributed by atoms with E-state index in [0.29, 0.717) is 15.6 Å². The Hall–Kier alpha value is -1.05. The second-order valence-corrected chi connectivity index (χ2v) is 3.77. The zero-order valence-electron chi connectivity index (χ0n) is 7.13. The molecule has 0 N–H and O–H groups in total. The smallest absolute Gasteiger partial charge is 0.151 e. The molecule has 2 aromatic carbocycles. The van der Waals surface area contributed by atoms with Crippen molar-refractivity contribution < 1.29 is 4.79 Å². The van der Waals surface area contributed by atoms with Gasteiger partial charge >= 0.3 is 0 Å². The number of benzene rings is 2. The van der Waals surface area contributed by atoms with Crippen LogP contribution in [-0.4, -0.2) is 6.29 Å². The van der Waals surface area contributed by atoms with E-state index in [9.17, 15) is 4.79 Å². The predicted octanol–water partition coefficient (Wildman–Crippen LogP) is 3.96. The van der Waals surface area contributed by atoms with Gasteiger partial charge in [-0.25, -0.2) is 0 Å². The number of halogens is 2. The van der Waals surface area contributed by atoms with E-state index in [1.807, 2.05) is 12.1 Å². The zero-order chi connectivity index (χ0) is 10.1. The summed E-state index contributed by atoms with van der Waals surface area (Å²) in [5.41, 5.74) is 0.487. The maximum absolute atomic E-state index is 10.6. The van der Waals surface area contributed by atoms with Gasteiger partial charge in [-0.15, -0.1) is 0 Å². The molecule has 0 saturated carbocycles. The molecule has 0 atom stereocenters. The number of hydrogen-bond acceptors (Lipinski definition) is 1. The minimum atomic E-state index is 0.431. The third-order valence-electron chi connectivity index (χ3n) is 2.07. The van der Waals surface area contributed by atoms with E-state index < -0.39 is 0 Å². The van der Waals surface area contributed by atoms with Gasteiger partial charge in [0.15, 0.2) is 6.29 Å². The molecule has 0 fully saturated rings. The summed E-state index contributed by atoms with van der Waals surface area (Å²) in [6.45, 7) is 0. The standard InChI is InChI=1S/C11H6Cl2O/c12-10-3-1-2-7-4-8(6-14)11(13)5-9(7)10/h1-6H. The molecule has 3 heteroatoms. The van der Waals surface area contributed by atoms with Gasteiger partial charge in [-0.05, 0) is 23.6 Å². The fourth-order valence-corrected chi connectivity index (χ4v) is 1.81. The van der Waals surface area contributed by atoms with Crippen LogP contribution in [0.4, 0.5) is 0 Å². The summed E-state index contributed by atoms with van der Waals surface area (Å²) in [6, 6.07) is 8.97. The van der Waals surface area contributed by atoms with Crippen LogP contribution in [0.25, 0.3) is 10.8 Å². The molecule has 14 heavy (non-hydrogen) atoms. The molecule has 0 radical (unpaired) electrons. The van der Waals surface area contributed by atoms with Gasteiger partial charge in [0, 0.05) is 16.0 Å². The van der Waals surface area contributed by atoms with Gasteiger partial charge in [-0.2, -0.15) is 0 Å². The summed E-state index contributed by atoms with van der Waals surface area (Å²) in [5, 5.41) is 2.86. The van der Waals surface area contributed by atoms with Crippen LogP contribution in [0.15, 0.2) is 30.3 Å². The predicted molar refractivity (Wildman–Crippen MR) is 59.4 cm³/mol. The van der Waals surface area contributed by atoms with Crippen molar-refractivity contribution in [2.24, 2.45) is 0 Å². The molecule has 0 heterocycles. The average molecular weight is 225 g/mol. The first-order valence-corrected chi connectivity index (χ1v) is 4.81. The van der Waals surface area contributed by atoms with Crippen LogP contribution in [0.1, 0.15) is 10.4 Å². The average Bonchev–Trinajstić information content (AvgIpc) is 2.19. The van der Waals surface area contributed by atoms with E-state index >= 15 is 0 Å². The van der Waals surface area contributed by atoms with E-state index in [1.165, 1.54) is 0 Å². The molecule has 2 aromatic rings. The molecule has 70 valence electrons. The van der Waals surface area contributed by atoms with Crippen LogP contribution < -0.4 is 0 Å². The molecule has 1 nitrogen and oxygen atoms in total. The van der Waals surface area contributed by atoms with Crippen molar-refractivity contribution in [1.82, 2.24) is 0 Å². The maximum Gasteiger partial charge on any atom is 0.151 e. The molecule has 2 rings (SSSR count). The van der Waals surface area contributed by atoms with Crippen molar-refractivity contribution in [2.45, 2.75) is 0 Å². The Labute approximate surface area is 91.2 Å². The summed E-state index contributed by atoms with van der Waals surface area (Å²) < 4.78 is 0. The number of carbonyl (C=O) groups excluding carboxylic acids is 1. The minimum absolute atomic E-state index is 0.431. The van der Waals surface area contributed by atoms with Gasteiger partial charge in [0.25, 0.3) is 0 Å². The molecule has 0 spiro atoms. The second-order valence-electron chi connectivity index (χ2n) is 2.95. The first-order chi connectivity index (χ1) is 6.72. The third kappa shape index (κ3) is 1.49. The van der Waals surface area contributed by atoms with Crippen LogP contribution in [0.3, 0.4) is 0 Å². The number of fused-ring (bicyclic) bond motifs is 1. The van der Waals surface area contributed by atoms with E-state index in [2.05, 4.69) is 0 Å². The van der Waals surface area contributed by atoms with E-state index in [-0.39, 0.29) is 0 Å². The Bertz CT molecular complexity index is 506. The summed E-state index contributed by atoms with van der Waals surface area (Å²) in [6.07, 6.45) is 0.739. The van der Waals surface area contributed by atoms with Crippen molar-refractivity contribution in [3.05, 3.63) is 45.9 Å². The second kappa shape index (κ2) is 3.60. The topological polar surface area (TPSA) is 17.1 Å². The van der Waals surface area contributed by atoms with E-state index in [1.54, 1.807) is 18.2 Å². The number of carbonyl (C=O) groups is 1. The van der Waals surface area contributed by atoms with Gasteiger partial charge in [0.2, 0.25) is 0 Å². The molecule has 0 saturated heterocycles. The van der Waals surface area contributed by atoms with Crippen molar-refractivity contribution >= 4 is 40.3 Å². The Morgan fingerprint density at radius 2 is 1.86 bits per heavy atom. The lowest BCUT2D eigenvalue weighted by Gasteiger charge is -2.02. The molecule has 0 aliphatic carbocycles. The molecule has 0 aliphatic heterocycles. The number of rotatable bonds is 1.